The minimum atomic E-state index is -3.51. The first-order valence-electron chi connectivity index (χ1n) is 13.0. The lowest BCUT2D eigenvalue weighted by Gasteiger charge is -2.61. The van der Waals surface area contributed by atoms with Crippen LogP contribution in [0.25, 0.3) is 0 Å². The normalized spacial score (nSPS) is 48.1. The lowest BCUT2D eigenvalue weighted by atomic mass is 9.48. The van der Waals surface area contributed by atoms with Crippen LogP contribution in [0, 0.1) is 34.5 Å². The summed E-state index contributed by atoms with van der Waals surface area (Å²) in [5, 5.41) is 11.0. The molecule has 8 rings (SSSR count). The van der Waals surface area contributed by atoms with Crippen LogP contribution in [0.15, 0.2) is 0 Å². The molecule has 0 aromatic rings. The van der Waals surface area contributed by atoms with E-state index in [1.807, 2.05) is 0 Å². The van der Waals surface area contributed by atoms with Crippen LogP contribution >= 0.6 is 0 Å². The molecule has 6 nitrogen and oxygen atoms in total. The number of rotatable bonds is 6. The van der Waals surface area contributed by atoms with Gasteiger partial charge in [0, 0.05) is 17.8 Å². The average molecular weight is 483 g/mol. The van der Waals surface area contributed by atoms with Gasteiger partial charge in [0.1, 0.15) is 12.2 Å². The van der Waals surface area contributed by atoms with Gasteiger partial charge in [-0.15, -0.1) is 0 Å². The van der Waals surface area contributed by atoms with E-state index in [1.165, 1.54) is 6.42 Å². The molecule has 1 N–H and O–H groups in total. The third-order valence-electron chi connectivity index (χ3n) is 9.94. The molecule has 34 heavy (non-hydrogen) atoms. The van der Waals surface area contributed by atoms with Gasteiger partial charge in [-0.05, 0) is 101 Å². The maximum absolute atomic E-state index is 13.3. The third kappa shape index (κ3) is 4.01. The fourth-order valence-electron chi connectivity index (χ4n) is 9.99. The fraction of sp³-hybridized carbons (Fsp3) is 0.923. The number of halogens is 2. The average Bonchev–Trinajstić information content (AvgIpc) is 2.67. The van der Waals surface area contributed by atoms with Crippen LogP contribution in [0.2, 0.25) is 0 Å². The fourth-order valence-corrected chi connectivity index (χ4v) is 9.99. The first kappa shape index (κ1) is 23.0. The van der Waals surface area contributed by atoms with Crippen LogP contribution in [-0.2, 0) is 19.0 Å². The zero-order chi connectivity index (χ0) is 24.0. The summed E-state index contributed by atoms with van der Waals surface area (Å²) in [6.45, 7) is 0.795. The Balaban J connectivity index is 1.10. The lowest BCUT2D eigenvalue weighted by molar-refractivity contribution is -0.206. The van der Waals surface area contributed by atoms with Crippen molar-refractivity contribution in [1.82, 2.24) is 0 Å². The molecule has 4 unspecified atom stereocenters. The highest BCUT2D eigenvalue weighted by atomic mass is 19.3. The van der Waals surface area contributed by atoms with Crippen molar-refractivity contribution >= 4 is 12.1 Å². The SMILES string of the molecule is CC(F)(F)C(=O)OCC12CC3CC(C1)CC(OC(=O)OCC14CC5CC(CC(O)(C5)C1)C4)(C3)C2. The molecule has 0 aromatic carbocycles. The lowest BCUT2D eigenvalue weighted by Crippen LogP contribution is -2.59. The van der Waals surface area contributed by atoms with Gasteiger partial charge in [0.05, 0.1) is 12.2 Å². The maximum Gasteiger partial charge on any atom is 0.508 e. The summed E-state index contributed by atoms with van der Waals surface area (Å²) in [6, 6.07) is 0. The molecule has 0 spiro atoms. The summed E-state index contributed by atoms with van der Waals surface area (Å²) in [5.41, 5.74) is -1.81. The maximum atomic E-state index is 13.3. The highest BCUT2D eigenvalue weighted by Gasteiger charge is 2.61. The summed E-state index contributed by atoms with van der Waals surface area (Å²) >= 11 is 0. The number of ether oxygens (including phenoxy) is 3. The van der Waals surface area contributed by atoms with Gasteiger partial charge in [0.2, 0.25) is 0 Å². The molecule has 8 heteroatoms. The molecule has 0 amide bonds. The standard InChI is InChI=1S/C26H36F2O6/c1-22(27,28)20(29)32-14-24-6-18-3-19(7-24)11-26(10-18,13-24)34-21(30)33-15-23-4-16-2-17(5-23)9-25(31,8-16)12-23/h16-19,31H,2-15H2,1H3. The molecular formula is C26H36F2O6. The predicted octanol–water partition coefficient (Wildman–Crippen LogP) is 5.01. The van der Waals surface area contributed by atoms with Crippen molar-refractivity contribution in [1.29, 1.82) is 0 Å². The van der Waals surface area contributed by atoms with E-state index in [1.54, 1.807) is 0 Å². The van der Waals surface area contributed by atoms with Gasteiger partial charge in [0.25, 0.3) is 0 Å². The van der Waals surface area contributed by atoms with E-state index >= 15 is 0 Å². The van der Waals surface area contributed by atoms with E-state index in [9.17, 15) is 23.5 Å². The zero-order valence-corrected chi connectivity index (χ0v) is 20.0. The summed E-state index contributed by atoms with van der Waals surface area (Å²) in [5.74, 6) is -3.28. The van der Waals surface area contributed by atoms with Gasteiger partial charge in [-0.1, -0.05) is 0 Å². The second kappa shape index (κ2) is 7.30. The Morgan fingerprint density at radius 1 is 0.824 bits per heavy atom. The van der Waals surface area contributed by atoms with E-state index in [0.717, 1.165) is 57.8 Å². The van der Waals surface area contributed by atoms with Crippen LogP contribution in [-0.4, -0.2) is 47.6 Å². The first-order chi connectivity index (χ1) is 15.9. The largest absolute Gasteiger partial charge is 0.508 e. The van der Waals surface area contributed by atoms with E-state index in [0.29, 0.717) is 50.0 Å². The van der Waals surface area contributed by atoms with Crippen LogP contribution in [0.3, 0.4) is 0 Å². The Morgan fingerprint density at radius 3 is 1.85 bits per heavy atom. The molecular weight excluding hydrogens is 446 g/mol. The first-order valence-corrected chi connectivity index (χ1v) is 13.0. The molecule has 8 aliphatic rings. The van der Waals surface area contributed by atoms with Gasteiger partial charge in [-0.2, -0.15) is 8.78 Å². The third-order valence-corrected chi connectivity index (χ3v) is 9.94. The molecule has 0 aromatic heterocycles. The molecule has 0 radical (unpaired) electrons. The van der Waals surface area contributed by atoms with Gasteiger partial charge in [0.15, 0.2) is 0 Å². The topological polar surface area (TPSA) is 82.1 Å². The van der Waals surface area contributed by atoms with Crippen LogP contribution < -0.4 is 0 Å². The van der Waals surface area contributed by atoms with Crippen LogP contribution in [0.4, 0.5) is 13.6 Å². The minimum absolute atomic E-state index is 0.0487. The van der Waals surface area contributed by atoms with Crippen molar-refractivity contribution in [3.63, 3.8) is 0 Å². The number of aliphatic hydroxyl groups is 1. The van der Waals surface area contributed by atoms with Crippen LogP contribution in [0.1, 0.15) is 84.0 Å². The summed E-state index contributed by atoms with van der Waals surface area (Å²) in [4.78, 5) is 24.6. The Labute approximate surface area is 199 Å². The van der Waals surface area contributed by atoms with E-state index in [-0.39, 0.29) is 12.0 Å². The highest BCUT2D eigenvalue weighted by Crippen LogP contribution is 2.64. The molecule has 0 aliphatic heterocycles. The monoisotopic (exact) mass is 482 g/mol. The number of esters is 1. The van der Waals surface area contributed by atoms with Gasteiger partial charge >= 0.3 is 18.0 Å². The van der Waals surface area contributed by atoms with Crippen LogP contribution in [0.5, 0.6) is 0 Å². The van der Waals surface area contributed by atoms with Crippen molar-refractivity contribution in [2.45, 2.75) is 101 Å². The number of alkyl halides is 2. The summed E-state index contributed by atoms with van der Waals surface area (Å²) in [6.07, 6.45) is 9.70. The van der Waals surface area contributed by atoms with Gasteiger partial charge in [-0.3, -0.25) is 0 Å². The number of carbonyl (C=O) groups excluding carboxylic acids is 2. The highest BCUT2D eigenvalue weighted by molar-refractivity contribution is 5.76. The number of carbonyl (C=O) groups is 2. The molecule has 8 saturated carbocycles. The Bertz CT molecular complexity index is 853. The van der Waals surface area contributed by atoms with Crippen molar-refractivity contribution in [3.05, 3.63) is 0 Å². The Kier molecular flexibility index (Phi) is 4.93. The molecule has 190 valence electrons. The van der Waals surface area contributed by atoms with Crippen molar-refractivity contribution in [2.75, 3.05) is 13.2 Å². The Hall–Kier alpha value is -1.44. The summed E-state index contributed by atoms with van der Waals surface area (Å²) in [7, 11) is 0. The van der Waals surface area contributed by atoms with E-state index in [4.69, 9.17) is 14.2 Å². The summed E-state index contributed by atoms with van der Waals surface area (Å²) < 4.78 is 43.5. The predicted molar refractivity (Wildman–Crippen MR) is 116 cm³/mol. The Morgan fingerprint density at radius 2 is 1.32 bits per heavy atom. The molecule has 4 atom stereocenters. The van der Waals surface area contributed by atoms with E-state index in [2.05, 4.69) is 0 Å². The molecule has 8 fully saturated rings. The van der Waals surface area contributed by atoms with Crippen molar-refractivity contribution in [2.24, 2.45) is 34.5 Å². The molecule has 8 bridgehead atoms. The number of hydrogen-bond acceptors (Lipinski definition) is 6. The molecule has 8 aliphatic carbocycles. The minimum Gasteiger partial charge on any atom is -0.461 e. The zero-order valence-electron chi connectivity index (χ0n) is 20.0. The van der Waals surface area contributed by atoms with E-state index < -0.39 is 34.7 Å². The smallest absolute Gasteiger partial charge is 0.461 e. The molecule has 0 heterocycles. The number of hydrogen-bond donors (Lipinski definition) is 1. The van der Waals surface area contributed by atoms with Gasteiger partial charge in [-0.25, -0.2) is 9.59 Å². The van der Waals surface area contributed by atoms with Crippen molar-refractivity contribution in [3.8, 4) is 0 Å². The quantitative estimate of drug-likeness (QED) is 0.536. The van der Waals surface area contributed by atoms with Gasteiger partial charge < -0.3 is 19.3 Å². The second-order valence-corrected chi connectivity index (χ2v) is 13.4. The molecule has 0 saturated heterocycles. The second-order valence-electron chi connectivity index (χ2n) is 13.4. The van der Waals surface area contributed by atoms with Crippen molar-refractivity contribution < 1.29 is 37.7 Å².